The highest BCUT2D eigenvalue weighted by molar-refractivity contribution is 7.86. The molecule has 0 spiro atoms. The maximum Gasteiger partial charge on any atom is 0.282 e. The largest absolute Gasteiger partial charge is 0.301 e. The van der Waals surface area contributed by atoms with Crippen molar-refractivity contribution in [1.29, 1.82) is 5.26 Å². The molecule has 1 aromatic rings. The molecule has 2 heterocycles. The van der Waals surface area contributed by atoms with E-state index in [9.17, 15) is 13.2 Å². The van der Waals surface area contributed by atoms with Crippen molar-refractivity contribution in [2.24, 2.45) is 0 Å². The van der Waals surface area contributed by atoms with Crippen LogP contribution in [0, 0.1) is 11.3 Å². The molecule has 1 saturated heterocycles. The van der Waals surface area contributed by atoms with Gasteiger partial charge in [0.25, 0.3) is 10.2 Å². The summed E-state index contributed by atoms with van der Waals surface area (Å²) < 4.78 is 27.5. The molecular formula is C13H18N4O3S2. The van der Waals surface area contributed by atoms with Crippen LogP contribution in [0.3, 0.4) is 0 Å². The fraction of sp³-hybridized carbons (Fsp3) is 0.538. The fourth-order valence-electron chi connectivity index (χ4n) is 2.28. The van der Waals surface area contributed by atoms with Crippen molar-refractivity contribution in [2.45, 2.75) is 13.3 Å². The van der Waals surface area contributed by atoms with Crippen LogP contribution in [-0.2, 0) is 15.0 Å². The minimum atomic E-state index is -3.70. The van der Waals surface area contributed by atoms with Gasteiger partial charge in [0.1, 0.15) is 0 Å². The molecule has 0 radical (unpaired) electrons. The van der Waals surface area contributed by atoms with Gasteiger partial charge in [-0.05, 0) is 17.5 Å². The van der Waals surface area contributed by atoms with Gasteiger partial charge in [0.05, 0.1) is 17.6 Å². The second kappa shape index (κ2) is 7.19. The van der Waals surface area contributed by atoms with E-state index in [0.717, 1.165) is 5.00 Å². The Morgan fingerprint density at radius 1 is 1.45 bits per heavy atom. The first-order valence-electron chi connectivity index (χ1n) is 6.96. The van der Waals surface area contributed by atoms with Gasteiger partial charge < -0.3 is 4.90 Å². The summed E-state index contributed by atoms with van der Waals surface area (Å²) >= 11 is 1.45. The van der Waals surface area contributed by atoms with Gasteiger partial charge >= 0.3 is 0 Å². The Hall–Kier alpha value is -1.47. The first kappa shape index (κ1) is 16.9. The Bertz CT molecular complexity index is 651. The molecule has 1 aliphatic heterocycles. The summed E-state index contributed by atoms with van der Waals surface area (Å²) in [6, 6.07) is 5.65. The zero-order chi connectivity index (χ0) is 16.2. The highest BCUT2D eigenvalue weighted by atomic mass is 32.2. The normalized spacial score (nSPS) is 17.0. The molecule has 0 unspecified atom stereocenters. The minimum Gasteiger partial charge on any atom is -0.301 e. The maximum absolute atomic E-state index is 12.5. The van der Waals surface area contributed by atoms with Crippen molar-refractivity contribution in [3.63, 3.8) is 0 Å². The Morgan fingerprint density at radius 3 is 2.77 bits per heavy atom. The van der Waals surface area contributed by atoms with E-state index in [1.807, 2.05) is 23.6 Å². The Balaban J connectivity index is 2.08. The van der Waals surface area contributed by atoms with Gasteiger partial charge in [0.15, 0.2) is 0 Å². The summed E-state index contributed by atoms with van der Waals surface area (Å²) in [5.41, 5.74) is 0. The Morgan fingerprint density at radius 2 is 2.23 bits per heavy atom. The number of anilines is 1. The van der Waals surface area contributed by atoms with E-state index in [1.165, 1.54) is 19.9 Å². The smallest absolute Gasteiger partial charge is 0.282 e. The van der Waals surface area contributed by atoms with E-state index in [4.69, 9.17) is 5.26 Å². The first-order chi connectivity index (χ1) is 10.5. The zero-order valence-corrected chi connectivity index (χ0v) is 13.9. The average Bonchev–Trinajstić information content (AvgIpc) is 3.01. The molecule has 1 aromatic heterocycles. The highest BCUT2D eigenvalue weighted by Crippen LogP contribution is 2.24. The quantitative estimate of drug-likeness (QED) is 0.768. The minimum absolute atomic E-state index is 0.135. The van der Waals surface area contributed by atoms with Crippen LogP contribution in [0.2, 0.25) is 0 Å². The number of amides is 1. The molecule has 0 saturated carbocycles. The van der Waals surface area contributed by atoms with Crippen molar-refractivity contribution >= 4 is 32.5 Å². The van der Waals surface area contributed by atoms with Crippen LogP contribution in [0.5, 0.6) is 0 Å². The van der Waals surface area contributed by atoms with Crippen molar-refractivity contribution in [2.75, 3.05) is 37.6 Å². The van der Waals surface area contributed by atoms with Gasteiger partial charge in [-0.1, -0.05) is 6.92 Å². The van der Waals surface area contributed by atoms with E-state index in [0.29, 0.717) is 6.54 Å². The molecule has 7 nitrogen and oxygen atoms in total. The number of hydrogen-bond donors (Lipinski definition) is 0. The number of thiophene rings is 1. The molecule has 1 amide bonds. The molecule has 2 rings (SSSR count). The lowest BCUT2D eigenvalue weighted by atomic mass is 10.3. The lowest BCUT2D eigenvalue weighted by Crippen LogP contribution is -2.55. The molecule has 0 bridgehead atoms. The molecule has 120 valence electrons. The monoisotopic (exact) mass is 342 g/mol. The lowest BCUT2D eigenvalue weighted by molar-refractivity contribution is -0.120. The van der Waals surface area contributed by atoms with Crippen molar-refractivity contribution in [3.05, 3.63) is 17.5 Å². The van der Waals surface area contributed by atoms with E-state index >= 15 is 0 Å². The lowest BCUT2D eigenvalue weighted by Gasteiger charge is -2.35. The van der Waals surface area contributed by atoms with Gasteiger partial charge in [0.2, 0.25) is 5.91 Å². The summed E-state index contributed by atoms with van der Waals surface area (Å²) in [5.74, 6) is -0.228. The topological polar surface area (TPSA) is 84.7 Å². The second-order valence-corrected chi connectivity index (χ2v) is 7.59. The summed E-state index contributed by atoms with van der Waals surface area (Å²) in [6.45, 7) is 2.59. The van der Waals surface area contributed by atoms with E-state index in [-0.39, 0.29) is 38.5 Å². The van der Waals surface area contributed by atoms with Crippen molar-refractivity contribution < 1.29 is 13.2 Å². The number of rotatable bonds is 6. The molecule has 0 atom stereocenters. The fourth-order valence-corrected chi connectivity index (χ4v) is 4.61. The van der Waals surface area contributed by atoms with Gasteiger partial charge in [-0.2, -0.15) is 22.3 Å². The number of nitriles is 1. The molecule has 1 fully saturated rings. The zero-order valence-electron chi connectivity index (χ0n) is 12.3. The third-order valence-electron chi connectivity index (χ3n) is 3.44. The SMILES string of the molecule is CCN(CCC#N)S(=O)(=O)N1CCN(c2cccs2)C(=O)C1. The Labute approximate surface area is 134 Å². The molecule has 22 heavy (non-hydrogen) atoms. The summed E-state index contributed by atoms with van der Waals surface area (Å²) in [5, 5.41) is 11.3. The second-order valence-electron chi connectivity index (χ2n) is 4.74. The van der Waals surface area contributed by atoms with E-state index in [1.54, 1.807) is 11.8 Å². The molecular weight excluding hydrogens is 324 g/mol. The van der Waals surface area contributed by atoms with Crippen LogP contribution in [0.4, 0.5) is 5.00 Å². The number of carbonyl (C=O) groups excluding carboxylic acids is 1. The Kier molecular flexibility index (Phi) is 5.52. The molecule has 9 heteroatoms. The molecule has 0 aromatic carbocycles. The molecule has 1 aliphatic rings. The summed E-state index contributed by atoms with van der Waals surface area (Å²) in [4.78, 5) is 13.8. The van der Waals surface area contributed by atoms with E-state index in [2.05, 4.69) is 0 Å². The number of nitrogens with zero attached hydrogens (tertiary/aromatic N) is 4. The van der Waals surface area contributed by atoms with Crippen LogP contribution in [-0.4, -0.2) is 55.7 Å². The predicted molar refractivity (Wildman–Crippen MR) is 84.6 cm³/mol. The summed E-state index contributed by atoms with van der Waals surface area (Å²) in [7, 11) is -3.70. The highest BCUT2D eigenvalue weighted by Gasteiger charge is 2.35. The van der Waals surface area contributed by atoms with Crippen LogP contribution >= 0.6 is 11.3 Å². The van der Waals surface area contributed by atoms with Crippen molar-refractivity contribution in [1.82, 2.24) is 8.61 Å². The molecule has 0 N–H and O–H groups in total. The van der Waals surface area contributed by atoms with Gasteiger partial charge in [-0.3, -0.25) is 4.79 Å². The van der Waals surface area contributed by atoms with Crippen LogP contribution in [0.1, 0.15) is 13.3 Å². The van der Waals surface area contributed by atoms with Crippen LogP contribution in [0.15, 0.2) is 17.5 Å². The van der Waals surface area contributed by atoms with Crippen LogP contribution in [0.25, 0.3) is 0 Å². The van der Waals surface area contributed by atoms with E-state index < -0.39 is 10.2 Å². The number of carbonyl (C=O) groups is 1. The van der Waals surface area contributed by atoms with Gasteiger partial charge in [0, 0.05) is 32.6 Å². The number of hydrogen-bond acceptors (Lipinski definition) is 5. The van der Waals surface area contributed by atoms with Gasteiger partial charge in [-0.15, -0.1) is 11.3 Å². The van der Waals surface area contributed by atoms with Crippen LogP contribution < -0.4 is 4.90 Å². The maximum atomic E-state index is 12.5. The average molecular weight is 342 g/mol. The number of piperazine rings is 1. The van der Waals surface area contributed by atoms with Gasteiger partial charge in [-0.25, -0.2) is 0 Å². The first-order valence-corrected chi connectivity index (χ1v) is 9.24. The third kappa shape index (κ3) is 3.47. The van der Waals surface area contributed by atoms with Crippen molar-refractivity contribution in [3.8, 4) is 6.07 Å². The third-order valence-corrected chi connectivity index (χ3v) is 6.38. The molecule has 0 aliphatic carbocycles. The predicted octanol–water partition coefficient (Wildman–Crippen LogP) is 0.877. The summed E-state index contributed by atoms with van der Waals surface area (Å²) in [6.07, 6.45) is 0.135. The standard InChI is InChI=1S/C13H18N4O3S2/c1-2-15(7-4-6-14)22(19,20)16-8-9-17(12(18)11-16)13-5-3-10-21-13/h3,5,10H,2,4,7-9,11H2,1H3.